The van der Waals surface area contributed by atoms with E-state index in [2.05, 4.69) is 0 Å². The van der Waals surface area contributed by atoms with Crippen LogP contribution in [0.1, 0.15) is 37.4 Å². The predicted molar refractivity (Wildman–Crippen MR) is 135 cm³/mol. The first-order chi connectivity index (χ1) is 17.6. The van der Waals surface area contributed by atoms with Gasteiger partial charge >= 0.3 is 0 Å². The van der Waals surface area contributed by atoms with E-state index in [1.807, 2.05) is 0 Å². The highest BCUT2D eigenvalue weighted by atomic mass is 32.2. The zero-order chi connectivity index (χ0) is 27.3. The van der Waals surface area contributed by atoms with E-state index in [0.29, 0.717) is 31.7 Å². The molecule has 1 N–H and O–H groups in total. The van der Waals surface area contributed by atoms with Crippen molar-refractivity contribution < 1.29 is 32.8 Å². The topological polar surface area (TPSA) is 147 Å². The Labute approximate surface area is 215 Å². The zero-order valence-electron chi connectivity index (χ0n) is 20.8. The molecule has 1 atom stereocenters. The molecule has 12 heteroatoms. The minimum absolute atomic E-state index is 0.0275. The van der Waals surface area contributed by atoms with Crippen molar-refractivity contribution in [2.24, 2.45) is 0 Å². The highest BCUT2D eigenvalue weighted by molar-refractivity contribution is 7.89. The number of amides is 1. The SMILES string of the molecule is CCN(CC)S(=O)(=O)c1ccc(C(O)=C2C(=O)C(=O)N(CCCOC)C2c2ccc([N+](=O)[O-])cc2)cc1. The number of Topliss-reactive ketones (excluding diaryl/α,β-unsaturated/α-hetero) is 1. The third-order valence-corrected chi connectivity index (χ3v) is 8.24. The third kappa shape index (κ3) is 5.55. The number of benzene rings is 2. The minimum Gasteiger partial charge on any atom is -0.507 e. The fourth-order valence-corrected chi connectivity index (χ4v) is 5.73. The number of nitro groups is 1. The summed E-state index contributed by atoms with van der Waals surface area (Å²) in [5.41, 5.74) is 0.213. The van der Waals surface area contributed by atoms with Gasteiger partial charge in [0.05, 0.1) is 21.4 Å². The molecule has 0 saturated carbocycles. The Hall–Kier alpha value is -3.61. The van der Waals surface area contributed by atoms with E-state index in [1.165, 1.54) is 64.8 Å². The van der Waals surface area contributed by atoms with Crippen LogP contribution in [0.5, 0.6) is 0 Å². The number of carbonyl (C=O) groups excluding carboxylic acids is 2. The van der Waals surface area contributed by atoms with Crippen molar-refractivity contribution in [3.8, 4) is 0 Å². The summed E-state index contributed by atoms with van der Waals surface area (Å²) >= 11 is 0. The first-order valence-electron chi connectivity index (χ1n) is 11.7. The summed E-state index contributed by atoms with van der Waals surface area (Å²) in [6.45, 7) is 4.53. The molecule has 1 unspecified atom stereocenters. The molecule has 0 bridgehead atoms. The van der Waals surface area contributed by atoms with E-state index in [0.717, 1.165) is 0 Å². The quantitative estimate of drug-likeness (QED) is 0.116. The molecule has 0 spiro atoms. The van der Waals surface area contributed by atoms with Crippen molar-refractivity contribution in [2.45, 2.75) is 31.2 Å². The van der Waals surface area contributed by atoms with Crippen LogP contribution in [0.25, 0.3) is 5.76 Å². The summed E-state index contributed by atoms with van der Waals surface area (Å²) in [7, 11) is -2.22. The molecule has 1 aliphatic heterocycles. The van der Waals surface area contributed by atoms with Crippen LogP contribution in [0.15, 0.2) is 59.0 Å². The average Bonchev–Trinajstić information content (AvgIpc) is 3.14. The Morgan fingerprint density at radius 2 is 1.68 bits per heavy atom. The van der Waals surface area contributed by atoms with Gasteiger partial charge in [0.2, 0.25) is 10.0 Å². The molecule has 0 aromatic heterocycles. The van der Waals surface area contributed by atoms with Crippen molar-refractivity contribution in [1.82, 2.24) is 9.21 Å². The lowest BCUT2D eigenvalue weighted by molar-refractivity contribution is -0.384. The lowest BCUT2D eigenvalue weighted by Crippen LogP contribution is -2.31. The van der Waals surface area contributed by atoms with Gasteiger partial charge in [0.15, 0.2) is 0 Å². The first-order valence-corrected chi connectivity index (χ1v) is 13.1. The Bertz CT molecular complexity index is 1300. The van der Waals surface area contributed by atoms with E-state index in [-0.39, 0.29) is 28.3 Å². The molecular formula is C25H29N3O8S. The highest BCUT2D eigenvalue weighted by Crippen LogP contribution is 2.40. The lowest BCUT2D eigenvalue weighted by Gasteiger charge is -2.25. The maximum absolute atomic E-state index is 13.1. The number of aliphatic hydroxyl groups is 1. The van der Waals surface area contributed by atoms with Crippen LogP contribution >= 0.6 is 0 Å². The summed E-state index contributed by atoms with van der Waals surface area (Å²) < 4.78 is 31.9. The van der Waals surface area contributed by atoms with E-state index < -0.39 is 38.4 Å². The number of sulfonamides is 1. The van der Waals surface area contributed by atoms with Gasteiger partial charge in [-0.05, 0) is 48.4 Å². The standard InChI is InChI=1S/C25H29N3O8S/c1-4-26(5-2)37(34,35)20-13-9-18(10-14-20)23(29)21-22(17-7-11-19(12-8-17)28(32)33)27(15-6-16-36-3)25(31)24(21)30/h7-14,22,29H,4-6,15-16H2,1-3H3. The highest BCUT2D eigenvalue weighted by Gasteiger charge is 2.45. The van der Waals surface area contributed by atoms with Gasteiger partial charge in [-0.2, -0.15) is 4.31 Å². The van der Waals surface area contributed by atoms with Crippen molar-refractivity contribution in [2.75, 3.05) is 33.4 Å². The maximum Gasteiger partial charge on any atom is 0.295 e. The molecule has 0 radical (unpaired) electrons. The van der Waals surface area contributed by atoms with Gasteiger partial charge in [-0.3, -0.25) is 19.7 Å². The minimum atomic E-state index is -3.73. The number of rotatable bonds is 11. The van der Waals surface area contributed by atoms with E-state index >= 15 is 0 Å². The van der Waals surface area contributed by atoms with Crippen molar-refractivity contribution in [1.29, 1.82) is 0 Å². The van der Waals surface area contributed by atoms with Gasteiger partial charge in [0.25, 0.3) is 17.4 Å². The second kappa shape index (κ2) is 11.6. The van der Waals surface area contributed by atoms with Gasteiger partial charge in [0.1, 0.15) is 5.76 Å². The molecule has 2 aromatic rings. The number of ether oxygens (including phenoxy) is 1. The molecule has 1 heterocycles. The molecule has 1 fully saturated rings. The Kier molecular flexibility index (Phi) is 8.79. The number of hydrogen-bond donors (Lipinski definition) is 1. The number of ketones is 1. The molecule has 198 valence electrons. The molecule has 1 saturated heterocycles. The summed E-state index contributed by atoms with van der Waals surface area (Å²) in [6, 6.07) is 9.81. The van der Waals surface area contributed by atoms with E-state index in [4.69, 9.17) is 4.74 Å². The predicted octanol–water partition coefficient (Wildman–Crippen LogP) is 3.08. The largest absolute Gasteiger partial charge is 0.507 e. The van der Waals surface area contributed by atoms with E-state index in [1.54, 1.807) is 13.8 Å². The molecule has 1 amide bonds. The number of nitrogens with zero attached hydrogens (tertiary/aromatic N) is 3. The molecule has 1 aliphatic rings. The monoisotopic (exact) mass is 531 g/mol. The second-order valence-corrected chi connectivity index (χ2v) is 10.2. The van der Waals surface area contributed by atoms with Crippen LogP contribution in [0.3, 0.4) is 0 Å². The number of non-ortho nitro benzene ring substituents is 1. The normalized spacial score (nSPS) is 17.5. The van der Waals surface area contributed by atoms with Crippen LogP contribution in [-0.2, 0) is 24.3 Å². The number of carbonyl (C=O) groups is 2. The number of likely N-dealkylation sites (tertiary alicyclic amines) is 1. The van der Waals surface area contributed by atoms with Crippen LogP contribution in [0, 0.1) is 10.1 Å². The average molecular weight is 532 g/mol. The fourth-order valence-electron chi connectivity index (χ4n) is 4.27. The molecule has 37 heavy (non-hydrogen) atoms. The summed E-state index contributed by atoms with van der Waals surface area (Å²) in [5.74, 6) is -2.19. The van der Waals surface area contributed by atoms with Crippen molar-refractivity contribution >= 4 is 33.2 Å². The maximum atomic E-state index is 13.1. The van der Waals surface area contributed by atoms with Crippen molar-refractivity contribution in [3.63, 3.8) is 0 Å². The summed E-state index contributed by atoms with van der Waals surface area (Å²) in [4.78, 5) is 37.8. The molecule has 11 nitrogen and oxygen atoms in total. The molecule has 0 aliphatic carbocycles. The first kappa shape index (κ1) is 28.0. The van der Waals surface area contributed by atoms with Crippen molar-refractivity contribution in [3.05, 3.63) is 75.3 Å². The Morgan fingerprint density at radius 3 is 2.19 bits per heavy atom. The van der Waals surface area contributed by atoms with Crippen LogP contribution in [-0.4, -0.2) is 72.7 Å². The van der Waals surface area contributed by atoms with Crippen LogP contribution < -0.4 is 0 Å². The number of hydrogen-bond acceptors (Lipinski definition) is 8. The van der Waals surface area contributed by atoms with Gasteiger partial charge < -0.3 is 14.7 Å². The second-order valence-electron chi connectivity index (χ2n) is 8.30. The van der Waals surface area contributed by atoms with Crippen LogP contribution in [0.4, 0.5) is 5.69 Å². The van der Waals surface area contributed by atoms with Gasteiger partial charge in [-0.25, -0.2) is 8.42 Å². The van der Waals surface area contributed by atoms with E-state index in [9.17, 15) is 33.2 Å². The molecule has 2 aromatic carbocycles. The summed E-state index contributed by atoms with van der Waals surface area (Å²) in [6.07, 6.45) is 0.422. The number of methoxy groups -OCH3 is 1. The Morgan fingerprint density at radius 1 is 1.08 bits per heavy atom. The van der Waals surface area contributed by atoms with Gasteiger partial charge in [-0.15, -0.1) is 0 Å². The molecule has 3 rings (SSSR count). The third-order valence-electron chi connectivity index (χ3n) is 6.18. The number of nitro benzene ring substituents is 1. The lowest BCUT2D eigenvalue weighted by atomic mass is 9.95. The zero-order valence-corrected chi connectivity index (χ0v) is 21.6. The number of aliphatic hydroxyl groups excluding tert-OH is 1. The molecular weight excluding hydrogens is 502 g/mol. The Balaban J connectivity index is 2.09. The van der Waals surface area contributed by atoms with Gasteiger partial charge in [0, 0.05) is 51.0 Å². The van der Waals surface area contributed by atoms with Crippen LogP contribution in [0.2, 0.25) is 0 Å². The fraction of sp³-hybridized carbons (Fsp3) is 0.360. The smallest absolute Gasteiger partial charge is 0.295 e. The van der Waals surface area contributed by atoms with Gasteiger partial charge in [-0.1, -0.05) is 13.8 Å². The summed E-state index contributed by atoms with van der Waals surface area (Å²) in [5, 5.41) is 22.2.